The average Bonchev–Trinajstić information content (AvgIpc) is 3.27. The fourth-order valence-electron chi connectivity index (χ4n) is 3.36. The molecule has 0 radical (unpaired) electrons. The normalized spacial score (nSPS) is 17.0. The molecule has 1 aromatic heterocycles. The largest absolute Gasteiger partial charge is 0.379 e. The van der Waals surface area contributed by atoms with E-state index in [0.717, 1.165) is 70.1 Å². The summed E-state index contributed by atoms with van der Waals surface area (Å²) in [5, 5.41) is 11.4. The van der Waals surface area contributed by atoms with Crippen molar-refractivity contribution in [3.63, 3.8) is 0 Å². The van der Waals surface area contributed by atoms with Crippen LogP contribution in [-0.4, -0.2) is 55.3 Å². The maximum atomic E-state index is 5.69. The minimum absolute atomic E-state index is 0. The van der Waals surface area contributed by atoms with Gasteiger partial charge in [0, 0.05) is 51.7 Å². The van der Waals surface area contributed by atoms with Crippen molar-refractivity contribution in [1.82, 2.24) is 20.4 Å². The third kappa shape index (κ3) is 7.57. The Kier molecular flexibility index (Phi) is 11.9. The predicted molar refractivity (Wildman–Crippen MR) is 120 cm³/mol. The molecule has 1 aliphatic rings. The van der Waals surface area contributed by atoms with Crippen LogP contribution >= 0.6 is 24.0 Å². The molecule has 0 amide bonds. The molecule has 156 valence electrons. The monoisotopic (exact) mass is 493 g/mol. The van der Waals surface area contributed by atoms with Gasteiger partial charge in [-0.3, -0.25) is 9.67 Å². The Labute approximate surface area is 180 Å². The van der Waals surface area contributed by atoms with Crippen molar-refractivity contribution in [3.8, 4) is 0 Å². The van der Waals surface area contributed by atoms with Crippen LogP contribution in [0.3, 0.4) is 0 Å². The zero-order chi connectivity index (χ0) is 18.8. The number of aryl methyl sites for hydroxylation is 2. The van der Waals surface area contributed by atoms with Crippen LogP contribution in [0.25, 0.3) is 0 Å². The molecule has 0 aliphatic carbocycles. The van der Waals surface area contributed by atoms with Crippen molar-refractivity contribution in [3.05, 3.63) is 17.0 Å². The first-order valence-electron chi connectivity index (χ1n) is 9.87. The Morgan fingerprint density at radius 1 is 1.33 bits per heavy atom. The van der Waals surface area contributed by atoms with Crippen LogP contribution in [0.15, 0.2) is 4.99 Å². The lowest BCUT2D eigenvalue weighted by molar-refractivity contribution is 0.0168. The fraction of sp³-hybridized carbons (Fsp3) is 0.789. The summed E-state index contributed by atoms with van der Waals surface area (Å²) in [5.41, 5.74) is 3.74. The van der Waals surface area contributed by atoms with Gasteiger partial charge in [0.05, 0.1) is 18.4 Å². The van der Waals surface area contributed by atoms with Gasteiger partial charge in [-0.15, -0.1) is 24.0 Å². The molecule has 1 aromatic rings. The van der Waals surface area contributed by atoms with E-state index in [9.17, 15) is 0 Å². The first-order chi connectivity index (χ1) is 12.7. The van der Waals surface area contributed by atoms with E-state index < -0.39 is 0 Å². The van der Waals surface area contributed by atoms with Crippen molar-refractivity contribution >= 4 is 29.9 Å². The number of nitrogens with zero attached hydrogens (tertiary/aromatic N) is 3. The standard InChI is InChI=1S/C19H35N5O2.HI/c1-5-17-16(18(6-2)24(4)23-17)13-22-19(20-3)21-10-8-11-25-14-15-9-7-12-26-15;/h15H,5-14H2,1-4H3,(H2,20,21,22);1H. The molecule has 1 unspecified atom stereocenters. The van der Waals surface area contributed by atoms with E-state index in [1.807, 2.05) is 11.7 Å². The molecule has 2 rings (SSSR count). The van der Waals surface area contributed by atoms with E-state index in [2.05, 4.69) is 34.6 Å². The van der Waals surface area contributed by atoms with Gasteiger partial charge in [0.2, 0.25) is 0 Å². The Morgan fingerprint density at radius 3 is 2.78 bits per heavy atom. The van der Waals surface area contributed by atoms with Crippen molar-refractivity contribution in [2.24, 2.45) is 12.0 Å². The summed E-state index contributed by atoms with van der Waals surface area (Å²) in [4.78, 5) is 4.31. The molecule has 1 saturated heterocycles. The van der Waals surface area contributed by atoms with Gasteiger partial charge in [-0.2, -0.15) is 5.10 Å². The molecule has 1 atom stereocenters. The molecule has 8 heteroatoms. The Morgan fingerprint density at radius 2 is 2.15 bits per heavy atom. The average molecular weight is 493 g/mol. The van der Waals surface area contributed by atoms with Gasteiger partial charge in [-0.25, -0.2) is 0 Å². The quantitative estimate of drug-likeness (QED) is 0.227. The topological polar surface area (TPSA) is 72.7 Å². The van der Waals surface area contributed by atoms with Crippen molar-refractivity contribution < 1.29 is 9.47 Å². The summed E-state index contributed by atoms with van der Waals surface area (Å²) in [6.07, 6.45) is 5.46. The number of hydrogen-bond acceptors (Lipinski definition) is 4. The zero-order valence-electron chi connectivity index (χ0n) is 17.2. The molecular formula is C19H36IN5O2. The number of aromatic nitrogens is 2. The minimum Gasteiger partial charge on any atom is -0.379 e. The van der Waals surface area contributed by atoms with Crippen molar-refractivity contribution in [2.45, 2.75) is 58.6 Å². The molecule has 1 fully saturated rings. The van der Waals surface area contributed by atoms with Crippen molar-refractivity contribution in [1.29, 1.82) is 0 Å². The van der Waals surface area contributed by atoms with Crippen LogP contribution in [-0.2, 0) is 35.9 Å². The number of nitrogens with one attached hydrogen (secondary N) is 2. The molecule has 0 aromatic carbocycles. The van der Waals surface area contributed by atoms with E-state index in [1.54, 1.807) is 7.05 Å². The van der Waals surface area contributed by atoms with E-state index >= 15 is 0 Å². The van der Waals surface area contributed by atoms with Gasteiger partial charge >= 0.3 is 0 Å². The Hall–Kier alpha value is -0.870. The van der Waals surface area contributed by atoms with Gasteiger partial charge in [-0.1, -0.05) is 13.8 Å². The lowest BCUT2D eigenvalue weighted by atomic mass is 10.1. The number of halogens is 1. The van der Waals surface area contributed by atoms with Crippen LogP contribution < -0.4 is 10.6 Å². The number of ether oxygens (including phenoxy) is 2. The second-order valence-electron chi connectivity index (χ2n) is 6.62. The van der Waals surface area contributed by atoms with E-state index in [1.165, 1.54) is 11.3 Å². The predicted octanol–water partition coefficient (Wildman–Crippen LogP) is 2.41. The second kappa shape index (κ2) is 13.3. The summed E-state index contributed by atoms with van der Waals surface area (Å²) < 4.78 is 13.2. The minimum atomic E-state index is 0. The maximum absolute atomic E-state index is 5.69. The highest BCUT2D eigenvalue weighted by Gasteiger charge is 2.15. The first kappa shape index (κ1) is 24.2. The highest BCUT2D eigenvalue weighted by atomic mass is 127. The molecule has 0 spiro atoms. The van der Waals surface area contributed by atoms with Crippen molar-refractivity contribution in [2.75, 3.05) is 33.4 Å². The molecular weight excluding hydrogens is 457 g/mol. The third-order valence-electron chi connectivity index (χ3n) is 4.77. The summed E-state index contributed by atoms with van der Waals surface area (Å²) in [5.74, 6) is 0.817. The van der Waals surface area contributed by atoms with Gasteiger partial charge in [-0.05, 0) is 32.1 Å². The molecule has 0 bridgehead atoms. The smallest absolute Gasteiger partial charge is 0.191 e. The second-order valence-corrected chi connectivity index (χ2v) is 6.62. The number of guanidine groups is 1. The SMILES string of the molecule is CCc1nn(C)c(CC)c1CNC(=NC)NCCCOCC1CCCO1.I. The van der Waals surface area contributed by atoms with Crippen LogP contribution in [0.2, 0.25) is 0 Å². The molecule has 0 saturated carbocycles. The summed E-state index contributed by atoms with van der Waals surface area (Å²) >= 11 is 0. The van der Waals surface area contributed by atoms with Gasteiger partial charge in [0.1, 0.15) is 0 Å². The molecule has 2 N–H and O–H groups in total. The third-order valence-corrected chi connectivity index (χ3v) is 4.77. The number of hydrogen-bond donors (Lipinski definition) is 2. The van der Waals surface area contributed by atoms with E-state index in [4.69, 9.17) is 9.47 Å². The zero-order valence-corrected chi connectivity index (χ0v) is 19.5. The lowest BCUT2D eigenvalue weighted by Gasteiger charge is -2.13. The number of rotatable bonds is 10. The lowest BCUT2D eigenvalue weighted by Crippen LogP contribution is -2.38. The summed E-state index contributed by atoms with van der Waals surface area (Å²) in [7, 11) is 3.82. The summed E-state index contributed by atoms with van der Waals surface area (Å²) in [6.45, 7) is 8.24. The molecule has 27 heavy (non-hydrogen) atoms. The maximum Gasteiger partial charge on any atom is 0.191 e. The van der Waals surface area contributed by atoms with Gasteiger partial charge in [0.15, 0.2) is 5.96 Å². The van der Waals surface area contributed by atoms with Crippen LogP contribution in [0.1, 0.15) is 50.1 Å². The van der Waals surface area contributed by atoms with E-state index in [0.29, 0.717) is 12.7 Å². The van der Waals surface area contributed by atoms with Gasteiger partial charge < -0.3 is 20.1 Å². The summed E-state index contributed by atoms with van der Waals surface area (Å²) in [6, 6.07) is 0. The van der Waals surface area contributed by atoms with Gasteiger partial charge in [0.25, 0.3) is 0 Å². The highest BCUT2D eigenvalue weighted by Crippen LogP contribution is 2.15. The van der Waals surface area contributed by atoms with Crippen LogP contribution in [0.4, 0.5) is 0 Å². The fourth-order valence-corrected chi connectivity index (χ4v) is 3.36. The molecule has 2 heterocycles. The van der Waals surface area contributed by atoms with Crippen LogP contribution in [0, 0.1) is 0 Å². The highest BCUT2D eigenvalue weighted by molar-refractivity contribution is 14.0. The molecule has 7 nitrogen and oxygen atoms in total. The number of aliphatic imine (C=N–C) groups is 1. The Balaban J connectivity index is 0.00000364. The Bertz CT molecular complexity index is 571. The van der Waals surface area contributed by atoms with E-state index in [-0.39, 0.29) is 24.0 Å². The van der Waals surface area contributed by atoms with Crippen LogP contribution in [0.5, 0.6) is 0 Å². The first-order valence-corrected chi connectivity index (χ1v) is 9.87. The molecule has 1 aliphatic heterocycles.